The van der Waals surface area contributed by atoms with Gasteiger partial charge in [-0.1, -0.05) is 252 Å². The standard InChI is InChI=1S/C56H102N2O4/c1-6-9-12-15-18-21-24-27-30-33-36-39-42-45-52(59)57-51-48-49(4)50(5)55(58-53(60)46-43-40-37-34-31-28-25-22-19-16-13-10-7-2)56(51)62-54(61)47-44-41-38-35-32-29-26-23-20-17-14-11-8-3/h48H,6-47H2,1-5H3,(H,57,59)(H,58,60). The maximum atomic E-state index is 13.4. The van der Waals surface area contributed by atoms with Crippen LogP contribution in [0.5, 0.6) is 5.75 Å². The van der Waals surface area contributed by atoms with Crippen molar-refractivity contribution in [2.24, 2.45) is 0 Å². The highest BCUT2D eigenvalue weighted by molar-refractivity contribution is 5.99. The Kier molecular flexibility index (Phi) is 39.6. The van der Waals surface area contributed by atoms with Gasteiger partial charge in [-0.25, -0.2) is 0 Å². The van der Waals surface area contributed by atoms with Crippen LogP contribution in [0.2, 0.25) is 0 Å². The summed E-state index contributed by atoms with van der Waals surface area (Å²) in [5, 5.41) is 6.21. The SMILES string of the molecule is CCCCCCCCCCCCCCCC(=O)Nc1cc(C)c(C)c(NC(=O)CCCCCCCCCCCCCCC)c1OC(=O)CCCCCCCCCCCCCCC. The predicted octanol–water partition coefficient (Wildman–Crippen LogP) is 18.5. The molecule has 0 fully saturated rings. The van der Waals surface area contributed by atoms with Gasteiger partial charge in [0.15, 0.2) is 5.75 Å². The highest BCUT2D eigenvalue weighted by Gasteiger charge is 2.22. The molecule has 0 aliphatic heterocycles. The first kappa shape index (κ1) is 57.6. The zero-order chi connectivity index (χ0) is 45.1. The summed E-state index contributed by atoms with van der Waals surface area (Å²) in [4.78, 5) is 40.0. The highest BCUT2D eigenvalue weighted by atomic mass is 16.5. The summed E-state index contributed by atoms with van der Waals surface area (Å²) in [5.41, 5.74) is 2.79. The topological polar surface area (TPSA) is 84.5 Å². The molecule has 360 valence electrons. The van der Waals surface area contributed by atoms with E-state index < -0.39 is 0 Å². The molecule has 0 heterocycles. The number of carbonyl (C=O) groups is 3. The summed E-state index contributed by atoms with van der Waals surface area (Å²) in [6, 6.07) is 1.90. The van der Waals surface area contributed by atoms with Crippen molar-refractivity contribution in [2.45, 2.75) is 304 Å². The fourth-order valence-electron chi connectivity index (χ4n) is 8.72. The van der Waals surface area contributed by atoms with Crippen LogP contribution in [0.25, 0.3) is 0 Å². The Morgan fingerprint density at radius 3 is 0.984 bits per heavy atom. The number of nitrogens with one attached hydrogen (secondary N) is 2. The number of esters is 1. The van der Waals surface area contributed by atoms with E-state index in [2.05, 4.69) is 31.4 Å². The van der Waals surface area contributed by atoms with Crippen LogP contribution in [-0.4, -0.2) is 17.8 Å². The minimum atomic E-state index is -0.310. The van der Waals surface area contributed by atoms with E-state index in [9.17, 15) is 14.4 Å². The van der Waals surface area contributed by atoms with Crippen LogP contribution in [-0.2, 0) is 14.4 Å². The van der Waals surface area contributed by atoms with E-state index in [1.807, 2.05) is 19.9 Å². The minimum absolute atomic E-state index is 0.0696. The molecule has 0 unspecified atom stereocenters. The number of benzene rings is 1. The second-order valence-electron chi connectivity index (χ2n) is 19.1. The third-order valence-electron chi connectivity index (χ3n) is 13.1. The minimum Gasteiger partial charge on any atom is -0.422 e. The van der Waals surface area contributed by atoms with Crippen LogP contribution in [0, 0.1) is 13.8 Å². The lowest BCUT2D eigenvalue weighted by atomic mass is 10.0. The van der Waals surface area contributed by atoms with Gasteiger partial charge in [0.25, 0.3) is 0 Å². The summed E-state index contributed by atoms with van der Waals surface area (Å²) in [7, 11) is 0. The number of carbonyl (C=O) groups excluding carboxylic acids is 3. The molecule has 0 radical (unpaired) electrons. The second kappa shape index (κ2) is 42.6. The number of amides is 2. The third kappa shape index (κ3) is 33.2. The maximum absolute atomic E-state index is 13.4. The fraction of sp³-hybridized carbons (Fsp3) is 0.839. The molecule has 0 saturated carbocycles. The summed E-state index contributed by atoms with van der Waals surface area (Å²) in [6.07, 6.45) is 50.2. The quantitative estimate of drug-likeness (QED) is 0.0388. The zero-order valence-corrected chi connectivity index (χ0v) is 41.9. The third-order valence-corrected chi connectivity index (χ3v) is 13.1. The molecule has 1 aromatic rings. The van der Waals surface area contributed by atoms with Gasteiger partial charge in [-0.2, -0.15) is 0 Å². The van der Waals surface area contributed by atoms with Gasteiger partial charge >= 0.3 is 5.97 Å². The monoisotopic (exact) mass is 867 g/mol. The molecule has 0 aliphatic carbocycles. The van der Waals surface area contributed by atoms with Gasteiger partial charge in [0.1, 0.15) is 0 Å². The Hall–Kier alpha value is -2.37. The average Bonchev–Trinajstić information content (AvgIpc) is 3.26. The molecule has 0 saturated heterocycles. The number of aryl methyl sites for hydroxylation is 1. The van der Waals surface area contributed by atoms with Crippen LogP contribution in [0.1, 0.15) is 302 Å². The molecule has 62 heavy (non-hydrogen) atoms. The Morgan fingerprint density at radius 1 is 0.387 bits per heavy atom. The molecule has 2 amide bonds. The van der Waals surface area contributed by atoms with Gasteiger partial charge in [0.2, 0.25) is 11.8 Å². The summed E-state index contributed by atoms with van der Waals surface area (Å²) in [6.45, 7) is 10.8. The molecule has 0 aliphatic rings. The number of hydrogen-bond donors (Lipinski definition) is 2. The summed E-state index contributed by atoms with van der Waals surface area (Å²) >= 11 is 0. The van der Waals surface area contributed by atoms with E-state index in [1.54, 1.807) is 0 Å². The number of rotatable bonds is 45. The van der Waals surface area contributed by atoms with Crippen molar-refractivity contribution in [3.63, 3.8) is 0 Å². The van der Waals surface area contributed by atoms with E-state index in [0.717, 1.165) is 68.9 Å². The number of ether oxygens (including phenoxy) is 1. The molecule has 1 rings (SSSR count). The molecule has 0 aromatic heterocycles. The molecule has 0 bridgehead atoms. The smallest absolute Gasteiger partial charge is 0.311 e. The molecular formula is C56H102N2O4. The Bertz CT molecular complexity index is 1230. The van der Waals surface area contributed by atoms with Crippen molar-refractivity contribution >= 4 is 29.2 Å². The second-order valence-corrected chi connectivity index (χ2v) is 19.1. The van der Waals surface area contributed by atoms with Crippen molar-refractivity contribution in [2.75, 3.05) is 10.6 Å². The molecule has 0 spiro atoms. The molecule has 2 N–H and O–H groups in total. The van der Waals surface area contributed by atoms with Gasteiger partial charge in [0.05, 0.1) is 11.4 Å². The van der Waals surface area contributed by atoms with Crippen LogP contribution >= 0.6 is 0 Å². The lowest BCUT2D eigenvalue weighted by Gasteiger charge is -2.20. The maximum Gasteiger partial charge on any atom is 0.311 e. The van der Waals surface area contributed by atoms with Crippen molar-refractivity contribution in [1.29, 1.82) is 0 Å². The van der Waals surface area contributed by atoms with Crippen molar-refractivity contribution in [1.82, 2.24) is 0 Å². The van der Waals surface area contributed by atoms with E-state index in [-0.39, 0.29) is 23.5 Å². The van der Waals surface area contributed by atoms with E-state index in [0.29, 0.717) is 30.6 Å². The fourth-order valence-corrected chi connectivity index (χ4v) is 8.72. The van der Waals surface area contributed by atoms with Gasteiger partial charge < -0.3 is 15.4 Å². The van der Waals surface area contributed by atoms with Crippen molar-refractivity contribution in [3.8, 4) is 5.75 Å². The van der Waals surface area contributed by atoms with Crippen LogP contribution < -0.4 is 15.4 Å². The Balaban J connectivity index is 2.66. The van der Waals surface area contributed by atoms with Crippen LogP contribution in [0.3, 0.4) is 0 Å². The number of hydrogen-bond acceptors (Lipinski definition) is 4. The Morgan fingerprint density at radius 2 is 0.661 bits per heavy atom. The lowest BCUT2D eigenvalue weighted by molar-refractivity contribution is -0.134. The first-order chi connectivity index (χ1) is 30.3. The summed E-state index contributed by atoms with van der Waals surface area (Å²) in [5.74, 6) is -0.172. The first-order valence-electron chi connectivity index (χ1n) is 27.3. The van der Waals surface area contributed by atoms with Gasteiger partial charge in [-0.15, -0.1) is 0 Å². The first-order valence-corrected chi connectivity index (χ1v) is 27.3. The molecule has 6 heteroatoms. The average molecular weight is 867 g/mol. The summed E-state index contributed by atoms with van der Waals surface area (Å²) < 4.78 is 6.10. The van der Waals surface area contributed by atoms with Gasteiger partial charge in [-0.05, 0) is 50.3 Å². The van der Waals surface area contributed by atoms with Crippen molar-refractivity contribution < 1.29 is 19.1 Å². The van der Waals surface area contributed by atoms with E-state index in [1.165, 1.54) is 193 Å². The zero-order valence-electron chi connectivity index (χ0n) is 41.9. The van der Waals surface area contributed by atoms with Crippen molar-refractivity contribution in [3.05, 3.63) is 17.2 Å². The number of unbranched alkanes of at least 4 members (excludes halogenated alkanes) is 36. The van der Waals surface area contributed by atoms with Crippen LogP contribution in [0.4, 0.5) is 11.4 Å². The lowest BCUT2D eigenvalue weighted by Crippen LogP contribution is -2.19. The van der Waals surface area contributed by atoms with Gasteiger partial charge in [-0.3, -0.25) is 14.4 Å². The predicted molar refractivity (Wildman–Crippen MR) is 270 cm³/mol. The normalized spacial score (nSPS) is 11.3. The largest absolute Gasteiger partial charge is 0.422 e. The number of anilines is 2. The molecule has 6 nitrogen and oxygen atoms in total. The van der Waals surface area contributed by atoms with Crippen LogP contribution in [0.15, 0.2) is 6.07 Å². The Labute approximate surface area is 384 Å². The van der Waals surface area contributed by atoms with E-state index in [4.69, 9.17) is 4.74 Å². The highest BCUT2D eigenvalue weighted by Crippen LogP contribution is 2.39. The molecule has 1 aromatic carbocycles. The molecular weight excluding hydrogens is 765 g/mol. The van der Waals surface area contributed by atoms with Gasteiger partial charge in [0, 0.05) is 19.3 Å². The van der Waals surface area contributed by atoms with E-state index >= 15 is 0 Å². The molecule has 0 atom stereocenters.